The number of ether oxygens (including phenoxy) is 1. The monoisotopic (exact) mass is 406 g/mol. The van der Waals surface area contributed by atoms with Gasteiger partial charge >= 0.3 is 5.97 Å². The Morgan fingerprint density at radius 2 is 2.11 bits per heavy atom. The van der Waals surface area contributed by atoms with E-state index in [1.165, 1.54) is 16.2 Å². The minimum Gasteiger partial charge on any atom is -0.454 e. The molecule has 1 aliphatic rings. The van der Waals surface area contributed by atoms with Crippen LogP contribution in [0.25, 0.3) is 0 Å². The summed E-state index contributed by atoms with van der Waals surface area (Å²) >= 11 is 7.24. The van der Waals surface area contributed by atoms with Crippen LogP contribution in [0, 0.1) is 0 Å². The summed E-state index contributed by atoms with van der Waals surface area (Å²) in [5.74, 6) is -1.12. The lowest BCUT2D eigenvalue weighted by Gasteiger charge is -2.22. The van der Waals surface area contributed by atoms with E-state index in [2.05, 4.69) is 5.32 Å². The first kappa shape index (κ1) is 19.4. The molecular weight excluding hydrogens is 388 g/mol. The summed E-state index contributed by atoms with van der Waals surface area (Å²) in [6, 6.07) is 10.0. The Kier molecular flexibility index (Phi) is 6.47. The number of halogens is 1. The molecule has 1 fully saturated rings. The number of hydrogen-bond acceptors (Lipinski definition) is 5. The maximum absolute atomic E-state index is 12.5. The number of benzene rings is 1. The fourth-order valence-electron chi connectivity index (χ4n) is 2.93. The van der Waals surface area contributed by atoms with E-state index in [1.807, 2.05) is 11.4 Å². The number of thiophene rings is 1. The second-order valence-corrected chi connectivity index (χ2v) is 7.53. The number of nitrogens with one attached hydrogen (secondary N) is 1. The molecule has 2 heterocycles. The third kappa shape index (κ3) is 5.08. The lowest BCUT2D eigenvalue weighted by atomic mass is 10.2. The van der Waals surface area contributed by atoms with Crippen LogP contribution in [0.15, 0.2) is 41.8 Å². The molecule has 1 atom stereocenters. The first-order valence-corrected chi connectivity index (χ1v) is 9.82. The zero-order valence-corrected chi connectivity index (χ0v) is 16.1. The first-order chi connectivity index (χ1) is 13.0. The standard InChI is InChI=1S/C19H19ClN2O4S/c20-14-5-1-4-13(10-14)11-21-17(23)12-26-19(25)15-6-2-8-22(15)18(24)16-7-3-9-27-16/h1,3-5,7,9-10,15H,2,6,8,11-12H2,(H,21,23)/t15-/m0/s1. The summed E-state index contributed by atoms with van der Waals surface area (Å²) in [6.45, 7) is 0.428. The van der Waals surface area contributed by atoms with Gasteiger partial charge in [0.05, 0.1) is 4.88 Å². The van der Waals surface area contributed by atoms with Gasteiger partial charge in [-0.15, -0.1) is 11.3 Å². The SMILES string of the molecule is O=C(COC(=O)[C@@H]1CCCN1C(=O)c1cccs1)NCc1cccc(Cl)c1. The molecule has 0 radical (unpaired) electrons. The molecule has 27 heavy (non-hydrogen) atoms. The number of amides is 2. The van der Waals surface area contributed by atoms with Crippen molar-refractivity contribution in [1.29, 1.82) is 0 Å². The van der Waals surface area contributed by atoms with Gasteiger partial charge in [0.2, 0.25) is 0 Å². The largest absolute Gasteiger partial charge is 0.454 e. The number of carbonyl (C=O) groups is 3. The zero-order valence-electron chi connectivity index (χ0n) is 14.5. The van der Waals surface area contributed by atoms with Gasteiger partial charge in [0.15, 0.2) is 6.61 Å². The third-order valence-corrected chi connectivity index (χ3v) is 5.33. The summed E-state index contributed by atoms with van der Waals surface area (Å²) < 4.78 is 5.13. The summed E-state index contributed by atoms with van der Waals surface area (Å²) in [5, 5.41) is 5.08. The Morgan fingerprint density at radius 1 is 1.26 bits per heavy atom. The Hall–Kier alpha value is -2.38. The summed E-state index contributed by atoms with van der Waals surface area (Å²) in [7, 11) is 0. The molecule has 1 aromatic carbocycles. The molecule has 0 bridgehead atoms. The van der Waals surface area contributed by atoms with Crippen LogP contribution in [-0.4, -0.2) is 41.9 Å². The molecule has 1 saturated heterocycles. The van der Waals surface area contributed by atoms with Crippen molar-refractivity contribution in [3.05, 3.63) is 57.2 Å². The van der Waals surface area contributed by atoms with E-state index in [-0.39, 0.29) is 12.5 Å². The van der Waals surface area contributed by atoms with Crippen molar-refractivity contribution in [2.45, 2.75) is 25.4 Å². The molecule has 6 nitrogen and oxygen atoms in total. The fraction of sp³-hybridized carbons (Fsp3) is 0.316. The zero-order chi connectivity index (χ0) is 19.2. The number of nitrogens with zero attached hydrogens (tertiary/aromatic N) is 1. The number of hydrogen-bond donors (Lipinski definition) is 1. The molecule has 0 unspecified atom stereocenters. The molecule has 1 aliphatic heterocycles. The van der Waals surface area contributed by atoms with Crippen LogP contribution >= 0.6 is 22.9 Å². The fourth-order valence-corrected chi connectivity index (χ4v) is 3.82. The van der Waals surface area contributed by atoms with Crippen molar-refractivity contribution in [1.82, 2.24) is 10.2 Å². The molecule has 1 N–H and O–H groups in total. The Labute approximate surface area is 166 Å². The van der Waals surface area contributed by atoms with E-state index < -0.39 is 17.9 Å². The van der Waals surface area contributed by atoms with E-state index in [4.69, 9.17) is 16.3 Å². The van der Waals surface area contributed by atoms with Crippen LogP contribution in [0.3, 0.4) is 0 Å². The molecule has 8 heteroatoms. The van der Waals surface area contributed by atoms with Gasteiger partial charge in [0, 0.05) is 18.1 Å². The molecule has 0 saturated carbocycles. The van der Waals surface area contributed by atoms with Crippen LogP contribution in [-0.2, 0) is 20.9 Å². The first-order valence-electron chi connectivity index (χ1n) is 8.57. The quantitative estimate of drug-likeness (QED) is 0.748. The summed E-state index contributed by atoms with van der Waals surface area (Å²) in [5.41, 5.74) is 0.852. The highest BCUT2D eigenvalue weighted by molar-refractivity contribution is 7.12. The van der Waals surface area contributed by atoms with E-state index in [9.17, 15) is 14.4 Å². The minimum absolute atomic E-state index is 0.171. The molecule has 1 aromatic heterocycles. The van der Waals surface area contributed by atoms with E-state index in [1.54, 1.807) is 30.3 Å². The predicted molar refractivity (Wildman–Crippen MR) is 103 cm³/mol. The van der Waals surface area contributed by atoms with Crippen molar-refractivity contribution in [3.63, 3.8) is 0 Å². The molecule has 0 spiro atoms. The number of esters is 1. The summed E-state index contributed by atoms with van der Waals surface area (Å²) in [6.07, 6.45) is 1.28. The smallest absolute Gasteiger partial charge is 0.329 e. The van der Waals surface area contributed by atoms with Gasteiger partial charge in [-0.1, -0.05) is 29.8 Å². The Balaban J connectivity index is 1.48. The summed E-state index contributed by atoms with van der Waals surface area (Å²) in [4.78, 5) is 38.9. The van der Waals surface area contributed by atoms with E-state index in [0.717, 1.165) is 12.0 Å². The van der Waals surface area contributed by atoms with Gasteiger partial charge in [-0.05, 0) is 42.0 Å². The van der Waals surface area contributed by atoms with Crippen LogP contribution < -0.4 is 5.32 Å². The van der Waals surface area contributed by atoms with Gasteiger partial charge in [0.25, 0.3) is 11.8 Å². The van der Waals surface area contributed by atoms with Gasteiger partial charge in [0.1, 0.15) is 6.04 Å². The average Bonchev–Trinajstić information content (AvgIpc) is 3.35. The van der Waals surface area contributed by atoms with E-state index in [0.29, 0.717) is 29.4 Å². The average molecular weight is 407 g/mol. The molecule has 2 amide bonds. The molecule has 2 aromatic rings. The van der Waals surface area contributed by atoms with Gasteiger partial charge in [-0.25, -0.2) is 4.79 Å². The minimum atomic E-state index is -0.639. The number of carbonyl (C=O) groups excluding carboxylic acids is 3. The van der Waals surface area contributed by atoms with Crippen LogP contribution in [0.5, 0.6) is 0 Å². The van der Waals surface area contributed by atoms with E-state index >= 15 is 0 Å². The van der Waals surface area contributed by atoms with Gasteiger partial charge in [-0.3, -0.25) is 9.59 Å². The number of rotatable bonds is 6. The normalized spacial score (nSPS) is 16.2. The number of likely N-dealkylation sites (tertiary alicyclic amines) is 1. The highest BCUT2D eigenvalue weighted by Crippen LogP contribution is 2.23. The maximum Gasteiger partial charge on any atom is 0.329 e. The Morgan fingerprint density at radius 3 is 2.85 bits per heavy atom. The predicted octanol–water partition coefficient (Wildman–Crippen LogP) is 2.87. The second-order valence-electron chi connectivity index (χ2n) is 6.15. The van der Waals surface area contributed by atoms with Crippen LogP contribution in [0.2, 0.25) is 5.02 Å². The maximum atomic E-state index is 12.5. The third-order valence-electron chi connectivity index (χ3n) is 4.24. The lowest BCUT2D eigenvalue weighted by Crippen LogP contribution is -2.42. The highest BCUT2D eigenvalue weighted by Gasteiger charge is 2.36. The van der Waals surface area contributed by atoms with Gasteiger partial charge in [-0.2, -0.15) is 0 Å². The van der Waals surface area contributed by atoms with Crippen LogP contribution in [0.1, 0.15) is 28.1 Å². The second kappa shape index (κ2) is 9.01. The molecule has 3 rings (SSSR count). The molecule has 142 valence electrons. The van der Waals surface area contributed by atoms with Crippen molar-refractivity contribution in [2.24, 2.45) is 0 Å². The topological polar surface area (TPSA) is 75.7 Å². The Bertz CT molecular complexity index is 825. The van der Waals surface area contributed by atoms with Crippen molar-refractivity contribution < 1.29 is 19.1 Å². The lowest BCUT2D eigenvalue weighted by molar-refractivity contribution is -0.152. The van der Waals surface area contributed by atoms with Gasteiger partial charge < -0.3 is 15.0 Å². The van der Waals surface area contributed by atoms with Crippen molar-refractivity contribution in [3.8, 4) is 0 Å². The van der Waals surface area contributed by atoms with Crippen LogP contribution in [0.4, 0.5) is 0 Å². The molecular formula is C19H19ClN2O4S. The highest BCUT2D eigenvalue weighted by atomic mass is 35.5. The van der Waals surface area contributed by atoms with Crippen molar-refractivity contribution >= 4 is 40.7 Å². The molecule has 0 aliphatic carbocycles. The van der Waals surface area contributed by atoms with Crippen molar-refractivity contribution in [2.75, 3.05) is 13.2 Å².